The fourth-order valence-corrected chi connectivity index (χ4v) is 10.7. The normalized spacial score (nSPS) is 25.6. The number of carboxylic acid groups (broad SMARTS) is 1. The van der Waals surface area contributed by atoms with Crippen molar-refractivity contribution in [1.82, 2.24) is 38.5 Å². The molecule has 310 valence electrons. The summed E-state index contributed by atoms with van der Waals surface area (Å²) < 4.78 is 9.51. The van der Waals surface area contributed by atoms with Crippen molar-refractivity contribution in [2.45, 2.75) is 109 Å². The Hall–Kier alpha value is -4.42. The molecule has 6 heterocycles. The lowest BCUT2D eigenvalue weighted by molar-refractivity contribution is -0.146. The van der Waals surface area contributed by atoms with Crippen molar-refractivity contribution < 1.29 is 19.4 Å². The highest BCUT2D eigenvalue weighted by Gasteiger charge is 2.34. The first-order valence-corrected chi connectivity index (χ1v) is 21.6. The van der Waals surface area contributed by atoms with E-state index in [-0.39, 0.29) is 25.2 Å². The summed E-state index contributed by atoms with van der Waals surface area (Å²) in [5, 5.41) is 9.29. The van der Waals surface area contributed by atoms with E-state index in [2.05, 4.69) is 57.2 Å². The number of imidazole rings is 2. The number of hydrogen-bond acceptors (Lipinski definition) is 9. The molecule has 4 aromatic heterocycles. The van der Waals surface area contributed by atoms with E-state index in [1.807, 2.05) is 12.4 Å². The number of piperidine rings is 2. The minimum absolute atomic E-state index is 0. The third-order valence-electron chi connectivity index (χ3n) is 14.3. The SMILES string of the molecule is C.CN1CCC(c2cn3c4c(ncc3n2)CC=C4C2CCC(C(=O)O)CC2)CC1.COC(=O)C1CCC(C2=CCc3ncc4nc(C5CCN(C)CC5)cn4c32)CC1. The molecule has 0 aromatic carbocycles. The largest absolute Gasteiger partial charge is 0.481 e. The third kappa shape index (κ3) is 7.86. The molecule has 58 heavy (non-hydrogen) atoms. The molecule has 4 aliphatic carbocycles. The highest BCUT2D eigenvalue weighted by Crippen LogP contribution is 2.43. The molecule has 12 nitrogen and oxygen atoms in total. The van der Waals surface area contributed by atoms with Gasteiger partial charge in [0.25, 0.3) is 0 Å². The van der Waals surface area contributed by atoms with Crippen LogP contribution in [0.3, 0.4) is 0 Å². The summed E-state index contributed by atoms with van der Waals surface area (Å²) in [7, 11) is 5.88. The standard InChI is InChI=1S/C23H30N4O2.C22H28N4O2.CH4/c1-26-11-9-16(10-12-26)20-14-27-21(25-20)13-24-19-8-7-18(22(19)27)15-3-5-17(6-4-15)23(28)29-2;1-25-10-8-15(9-11-25)19-13-26-20(24-19)12-23-18-7-6-17(21(18)26)14-2-4-16(5-3-14)22(27)28;/h7,13-17H,3-6,8-12H2,1-2H3;6,12-16H,2-5,7-11H2,1H3,(H,27,28);1H4. The zero-order valence-corrected chi connectivity index (χ0v) is 33.9. The van der Waals surface area contributed by atoms with Crippen LogP contribution < -0.4 is 0 Å². The van der Waals surface area contributed by atoms with Gasteiger partial charge in [-0.2, -0.15) is 0 Å². The molecule has 0 amide bonds. The molecule has 2 saturated heterocycles. The number of nitrogens with zero attached hydrogens (tertiary/aromatic N) is 8. The molecule has 0 bridgehead atoms. The van der Waals surface area contributed by atoms with Crippen molar-refractivity contribution in [1.29, 1.82) is 0 Å². The molecule has 6 aliphatic rings. The highest BCUT2D eigenvalue weighted by atomic mass is 16.5. The van der Waals surface area contributed by atoms with Crippen molar-refractivity contribution in [2.24, 2.45) is 23.7 Å². The van der Waals surface area contributed by atoms with Gasteiger partial charge in [0, 0.05) is 37.1 Å². The van der Waals surface area contributed by atoms with Crippen LogP contribution in [-0.4, -0.2) is 103 Å². The number of aromatic nitrogens is 6. The highest BCUT2D eigenvalue weighted by molar-refractivity contribution is 5.76. The average Bonchev–Trinajstić information content (AvgIpc) is 4.05. The molecule has 2 aliphatic heterocycles. The van der Waals surface area contributed by atoms with Gasteiger partial charge in [-0.1, -0.05) is 19.6 Å². The van der Waals surface area contributed by atoms with E-state index in [4.69, 9.17) is 24.7 Å². The van der Waals surface area contributed by atoms with Crippen LogP contribution in [0.1, 0.15) is 130 Å². The summed E-state index contributed by atoms with van der Waals surface area (Å²) in [6, 6.07) is 0. The van der Waals surface area contributed by atoms with Crippen molar-refractivity contribution in [3.8, 4) is 0 Å². The first-order chi connectivity index (χ1) is 27.7. The second-order valence-electron chi connectivity index (χ2n) is 17.7. The lowest BCUT2D eigenvalue weighted by Gasteiger charge is -2.28. The Kier molecular flexibility index (Phi) is 11.9. The Morgan fingerprint density at radius 2 is 1.03 bits per heavy atom. The molecule has 0 atom stereocenters. The monoisotopic (exact) mass is 790 g/mol. The van der Waals surface area contributed by atoms with Crippen LogP contribution in [0.4, 0.5) is 0 Å². The van der Waals surface area contributed by atoms with E-state index in [0.717, 1.165) is 126 Å². The smallest absolute Gasteiger partial charge is 0.308 e. The van der Waals surface area contributed by atoms with Gasteiger partial charge in [-0.05, 0) is 140 Å². The van der Waals surface area contributed by atoms with E-state index in [1.54, 1.807) is 0 Å². The summed E-state index contributed by atoms with van der Waals surface area (Å²) in [6.07, 6.45) is 26.9. The molecule has 2 saturated carbocycles. The number of esters is 1. The number of methoxy groups -OCH3 is 1. The van der Waals surface area contributed by atoms with Gasteiger partial charge in [0.2, 0.25) is 0 Å². The molecule has 12 heteroatoms. The van der Waals surface area contributed by atoms with Gasteiger partial charge in [0.1, 0.15) is 0 Å². The van der Waals surface area contributed by atoms with Gasteiger partial charge in [0.05, 0.1) is 65.5 Å². The van der Waals surface area contributed by atoms with Crippen LogP contribution in [0.25, 0.3) is 22.4 Å². The van der Waals surface area contributed by atoms with Crippen LogP contribution in [0, 0.1) is 23.7 Å². The minimum Gasteiger partial charge on any atom is -0.481 e. The molecule has 0 unspecified atom stereocenters. The number of aliphatic carboxylic acids is 1. The minimum atomic E-state index is -0.638. The van der Waals surface area contributed by atoms with E-state index < -0.39 is 5.97 Å². The molecule has 4 aromatic rings. The Balaban J connectivity index is 0.000000159. The Morgan fingerprint density at radius 1 is 0.621 bits per heavy atom. The molecule has 0 spiro atoms. The zero-order chi connectivity index (χ0) is 39.2. The number of carbonyl (C=O) groups excluding carboxylic acids is 1. The number of likely N-dealkylation sites (tertiary alicyclic amines) is 2. The van der Waals surface area contributed by atoms with Crippen LogP contribution in [0.5, 0.6) is 0 Å². The average molecular weight is 791 g/mol. The third-order valence-corrected chi connectivity index (χ3v) is 14.3. The predicted molar refractivity (Wildman–Crippen MR) is 226 cm³/mol. The van der Waals surface area contributed by atoms with E-state index in [9.17, 15) is 14.7 Å². The Labute approximate surface area is 342 Å². The number of allylic oxidation sites excluding steroid dienone is 4. The van der Waals surface area contributed by atoms with Crippen LogP contribution >= 0.6 is 0 Å². The maximum absolute atomic E-state index is 11.9. The van der Waals surface area contributed by atoms with Crippen molar-refractivity contribution >= 4 is 34.4 Å². The number of ether oxygens (including phenoxy) is 1. The first kappa shape index (κ1) is 40.4. The van der Waals surface area contributed by atoms with Gasteiger partial charge in [-0.15, -0.1) is 0 Å². The lowest BCUT2D eigenvalue weighted by atomic mass is 9.78. The van der Waals surface area contributed by atoms with Crippen molar-refractivity contribution in [3.63, 3.8) is 0 Å². The second-order valence-corrected chi connectivity index (χ2v) is 17.7. The van der Waals surface area contributed by atoms with E-state index in [0.29, 0.717) is 23.7 Å². The number of rotatable bonds is 6. The molecule has 4 fully saturated rings. The van der Waals surface area contributed by atoms with Gasteiger partial charge in [-0.3, -0.25) is 28.4 Å². The van der Waals surface area contributed by atoms with Crippen molar-refractivity contribution in [3.05, 3.63) is 71.1 Å². The van der Waals surface area contributed by atoms with Crippen LogP contribution in [0.2, 0.25) is 0 Å². The maximum atomic E-state index is 11.9. The summed E-state index contributed by atoms with van der Waals surface area (Å²) in [4.78, 5) is 47.3. The van der Waals surface area contributed by atoms with Gasteiger partial charge >= 0.3 is 11.9 Å². The molecular weight excluding hydrogens is 729 g/mol. The lowest BCUT2D eigenvalue weighted by Crippen LogP contribution is -2.29. The molecule has 1 N–H and O–H groups in total. The Morgan fingerprint density at radius 3 is 1.43 bits per heavy atom. The maximum Gasteiger partial charge on any atom is 0.308 e. The summed E-state index contributed by atoms with van der Waals surface area (Å²) >= 11 is 0. The fourth-order valence-electron chi connectivity index (χ4n) is 10.7. The summed E-state index contributed by atoms with van der Waals surface area (Å²) in [5.74, 6) is 1.23. The van der Waals surface area contributed by atoms with Gasteiger partial charge in [0.15, 0.2) is 11.3 Å². The quantitative estimate of drug-likeness (QED) is 0.197. The van der Waals surface area contributed by atoms with Gasteiger partial charge < -0.3 is 19.6 Å². The number of carbonyl (C=O) groups is 2. The number of hydrogen-bond donors (Lipinski definition) is 1. The van der Waals surface area contributed by atoms with Crippen LogP contribution in [0.15, 0.2) is 36.9 Å². The molecule has 0 radical (unpaired) electrons. The predicted octanol–water partition coefficient (Wildman–Crippen LogP) is 7.46. The fraction of sp³-hybridized carbons (Fsp3) is 0.609. The number of carboxylic acids is 1. The van der Waals surface area contributed by atoms with Crippen molar-refractivity contribution in [2.75, 3.05) is 47.4 Å². The van der Waals surface area contributed by atoms with Crippen LogP contribution in [-0.2, 0) is 27.2 Å². The van der Waals surface area contributed by atoms with Gasteiger partial charge in [-0.25, -0.2) is 9.97 Å². The topological polar surface area (TPSA) is 130 Å². The molecular formula is C46H62N8O4. The van der Waals surface area contributed by atoms with E-state index in [1.165, 1.54) is 53.9 Å². The molecule has 10 rings (SSSR count). The second kappa shape index (κ2) is 17.0. The Bertz CT molecular complexity index is 2190. The first-order valence-electron chi connectivity index (χ1n) is 21.6. The summed E-state index contributed by atoms with van der Waals surface area (Å²) in [6.45, 7) is 4.55. The number of fused-ring (bicyclic) bond motifs is 6. The van der Waals surface area contributed by atoms with E-state index >= 15 is 0 Å². The zero-order valence-electron chi connectivity index (χ0n) is 33.9. The summed E-state index contributed by atoms with van der Waals surface area (Å²) in [5.41, 5.74) is 11.9.